The van der Waals surface area contributed by atoms with Gasteiger partial charge in [0.15, 0.2) is 0 Å². The Hall–Kier alpha value is -4.12. The first-order valence-corrected chi connectivity index (χ1v) is 11.2. The summed E-state index contributed by atoms with van der Waals surface area (Å²) >= 11 is 1.47. The number of ether oxygens (including phenoxy) is 1. The Labute approximate surface area is 198 Å². The molecule has 34 heavy (non-hydrogen) atoms. The number of nitrogens with one attached hydrogen (secondary N) is 1. The van der Waals surface area contributed by atoms with Gasteiger partial charge in [0.05, 0.1) is 17.7 Å². The second-order valence-electron chi connectivity index (χ2n) is 7.18. The number of tetrazole rings is 1. The molecule has 11 heteroatoms. The lowest BCUT2D eigenvalue weighted by molar-refractivity contribution is -0.124. The number of anilines is 1. The summed E-state index contributed by atoms with van der Waals surface area (Å²) in [5.74, 6) is -0.311. The normalized spacial score (nSPS) is 10.6. The monoisotopic (exact) mass is 480 g/mol. The van der Waals surface area contributed by atoms with Gasteiger partial charge in [-0.15, -0.1) is 21.5 Å². The van der Waals surface area contributed by atoms with Gasteiger partial charge in [-0.25, -0.2) is 4.39 Å². The molecular formula is C23H21FN6O3S. The molecule has 2 heterocycles. The van der Waals surface area contributed by atoms with Crippen molar-refractivity contribution >= 4 is 28.8 Å². The maximum absolute atomic E-state index is 13.2. The van der Waals surface area contributed by atoms with Crippen LogP contribution in [-0.2, 0) is 22.7 Å². The maximum atomic E-state index is 13.2. The number of amides is 2. The van der Waals surface area contributed by atoms with E-state index in [-0.39, 0.29) is 25.5 Å². The lowest BCUT2D eigenvalue weighted by Gasteiger charge is -2.24. The van der Waals surface area contributed by atoms with Gasteiger partial charge in [-0.2, -0.15) is 4.80 Å². The molecule has 0 spiro atoms. The molecule has 2 aromatic heterocycles. The fourth-order valence-electron chi connectivity index (χ4n) is 3.18. The van der Waals surface area contributed by atoms with Crippen molar-refractivity contribution in [2.75, 3.05) is 18.6 Å². The number of carbonyl (C=O) groups is 2. The van der Waals surface area contributed by atoms with Gasteiger partial charge in [0.2, 0.25) is 11.7 Å². The number of aromatic nitrogens is 4. The van der Waals surface area contributed by atoms with Crippen LogP contribution in [0.1, 0.15) is 5.56 Å². The van der Waals surface area contributed by atoms with Crippen molar-refractivity contribution in [1.82, 2.24) is 25.5 Å². The van der Waals surface area contributed by atoms with Gasteiger partial charge in [-0.3, -0.25) is 14.5 Å². The molecule has 0 fully saturated rings. The number of carbonyl (C=O) groups excluding carboxylic acids is 2. The Morgan fingerprint density at radius 1 is 1.12 bits per heavy atom. The Morgan fingerprint density at radius 2 is 1.91 bits per heavy atom. The lowest BCUT2D eigenvalue weighted by atomic mass is 10.2. The van der Waals surface area contributed by atoms with Gasteiger partial charge in [0.1, 0.15) is 24.7 Å². The van der Waals surface area contributed by atoms with E-state index >= 15 is 0 Å². The standard InChI is InChI=1S/C23H21FN6O3S/c1-33-19-6-3-2-5-18(19)29(14-21(31)25-13-16-8-10-17(24)11-9-16)22(32)15-30-27-23(26-28-30)20-7-4-12-34-20/h2-12H,13-15H2,1H3,(H,25,31). The highest BCUT2D eigenvalue weighted by Crippen LogP contribution is 2.28. The van der Waals surface area contributed by atoms with Crippen molar-refractivity contribution in [3.63, 3.8) is 0 Å². The van der Waals surface area contributed by atoms with Gasteiger partial charge in [-0.1, -0.05) is 30.3 Å². The number of nitrogens with zero attached hydrogens (tertiary/aromatic N) is 5. The van der Waals surface area contributed by atoms with E-state index in [0.29, 0.717) is 17.3 Å². The summed E-state index contributed by atoms with van der Waals surface area (Å²) < 4.78 is 18.5. The van der Waals surface area contributed by atoms with Gasteiger partial charge in [0, 0.05) is 6.54 Å². The molecule has 9 nitrogen and oxygen atoms in total. The molecule has 4 rings (SSSR count). The first kappa shape index (κ1) is 23.1. The average molecular weight is 481 g/mol. The summed E-state index contributed by atoms with van der Waals surface area (Å²) in [6.07, 6.45) is 0. The zero-order valence-corrected chi connectivity index (χ0v) is 19.0. The van der Waals surface area contributed by atoms with Crippen LogP contribution in [0.25, 0.3) is 10.7 Å². The molecule has 0 saturated carbocycles. The molecule has 0 aliphatic rings. The number of para-hydroxylation sites is 2. The summed E-state index contributed by atoms with van der Waals surface area (Å²) in [6, 6.07) is 16.5. The molecule has 0 aliphatic heterocycles. The second-order valence-corrected chi connectivity index (χ2v) is 8.12. The van der Waals surface area contributed by atoms with Crippen LogP contribution in [0.5, 0.6) is 5.75 Å². The Balaban J connectivity index is 1.50. The third-order valence-corrected chi connectivity index (χ3v) is 5.72. The molecule has 174 valence electrons. The Kier molecular flexibility index (Phi) is 7.23. The fourth-order valence-corrected chi connectivity index (χ4v) is 3.83. The molecule has 2 aromatic carbocycles. The number of halogens is 1. The highest BCUT2D eigenvalue weighted by Gasteiger charge is 2.23. The number of hydrogen-bond donors (Lipinski definition) is 1. The van der Waals surface area contributed by atoms with Gasteiger partial charge in [-0.05, 0) is 46.5 Å². The van der Waals surface area contributed by atoms with E-state index in [4.69, 9.17) is 4.74 Å². The van der Waals surface area contributed by atoms with E-state index in [1.807, 2.05) is 17.5 Å². The average Bonchev–Trinajstić information content (AvgIpc) is 3.54. The van der Waals surface area contributed by atoms with E-state index in [2.05, 4.69) is 20.7 Å². The zero-order valence-electron chi connectivity index (χ0n) is 18.2. The molecule has 0 aliphatic carbocycles. The molecular weight excluding hydrogens is 459 g/mol. The van der Waals surface area contributed by atoms with E-state index in [1.54, 1.807) is 36.4 Å². The van der Waals surface area contributed by atoms with Crippen LogP contribution in [0.15, 0.2) is 66.0 Å². The molecule has 0 radical (unpaired) electrons. The number of hydrogen-bond acceptors (Lipinski definition) is 7. The van der Waals surface area contributed by atoms with Crippen LogP contribution in [-0.4, -0.2) is 45.7 Å². The van der Waals surface area contributed by atoms with Gasteiger partial charge in [0.25, 0.3) is 5.91 Å². The van der Waals surface area contributed by atoms with Crippen molar-refractivity contribution in [3.8, 4) is 16.5 Å². The minimum atomic E-state index is -0.420. The number of rotatable bonds is 9. The van der Waals surface area contributed by atoms with E-state index in [0.717, 1.165) is 10.4 Å². The SMILES string of the molecule is COc1ccccc1N(CC(=O)NCc1ccc(F)cc1)C(=O)Cn1nnc(-c2cccs2)n1. The number of methoxy groups -OCH3 is 1. The van der Waals surface area contributed by atoms with Crippen molar-refractivity contribution < 1.29 is 18.7 Å². The molecule has 0 saturated heterocycles. The summed E-state index contributed by atoms with van der Waals surface area (Å²) in [6.45, 7) is -0.281. The Morgan fingerprint density at radius 3 is 2.65 bits per heavy atom. The molecule has 0 unspecified atom stereocenters. The first-order chi connectivity index (χ1) is 16.5. The predicted octanol–water partition coefficient (Wildman–Crippen LogP) is 2.90. The van der Waals surface area contributed by atoms with Gasteiger partial charge < -0.3 is 10.1 Å². The van der Waals surface area contributed by atoms with Crippen LogP contribution >= 0.6 is 11.3 Å². The molecule has 2 amide bonds. The highest BCUT2D eigenvalue weighted by molar-refractivity contribution is 7.13. The minimum Gasteiger partial charge on any atom is -0.495 e. The molecule has 1 N–H and O–H groups in total. The van der Waals surface area contributed by atoms with E-state index < -0.39 is 11.8 Å². The summed E-state index contributed by atoms with van der Waals surface area (Å²) in [5, 5.41) is 16.9. The largest absolute Gasteiger partial charge is 0.495 e. The van der Waals surface area contributed by atoms with Crippen LogP contribution in [0.2, 0.25) is 0 Å². The smallest absolute Gasteiger partial charge is 0.251 e. The third-order valence-electron chi connectivity index (χ3n) is 4.85. The van der Waals surface area contributed by atoms with Crippen molar-refractivity contribution in [1.29, 1.82) is 0 Å². The van der Waals surface area contributed by atoms with Crippen molar-refractivity contribution in [2.24, 2.45) is 0 Å². The van der Waals surface area contributed by atoms with Crippen LogP contribution in [0.4, 0.5) is 10.1 Å². The summed E-state index contributed by atoms with van der Waals surface area (Å²) in [4.78, 5) is 29.3. The highest BCUT2D eigenvalue weighted by atomic mass is 32.1. The number of benzene rings is 2. The fraction of sp³-hybridized carbons (Fsp3) is 0.174. The topological polar surface area (TPSA) is 102 Å². The Bertz CT molecular complexity index is 1260. The maximum Gasteiger partial charge on any atom is 0.251 e. The van der Waals surface area contributed by atoms with E-state index in [1.165, 1.54) is 40.3 Å². The van der Waals surface area contributed by atoms with Crippen LogP contribution < -0.4 is 15.0 Å². The second kappa shape index (κ2) is 10.7. The van der Waals surface area contributed by atoms with Gasteiger partial charge >= 0.3 is 0 Å². The van der Waals surface area contributed by atoms with Crippen LogP contribution in [0.3, 0.4) is 0 Å². The quantitative estimate of drug-likeness (QED) is 0.395. The zero-order chi connectivity index (χ0) is 23.9. The first-order valence-electron chi connectivity index (χ1n) is 10.3. The summed E-state index contributed by atoms with van der Waals surface area (Å²) in [7, 11) is 1.49. The minimum absolute atomic E-state index is 0.196. The van der Waals surface area contributed by atoms with Crippen molar-refractivity contribution in [2.45, 2.75) is 13.1 Å². The molecule has 0 bridgehead atoms. The molecule has 4 aromatic rings. The van der Waals surface area contributed by atoms with Crippen molar-refractivity contribution in [3.05, 3.63) is 77.4 Å². The molecule has 0 atom stereocenters. The lowest BCUT2D eigenvalue weighted by Crippen LogP contribution is -2.42. The van der Waals surface area contributed by atoms with E-state index in [9.17, 15) is 14.0 Å². The number of thiophene rings is 1. The predicted molar refractivity (Wildman–Crippen MR) is 125 cm³/mol. The summed E-state index contributed by atoms with van der Waals surface area (Å²) in [5.41, 5.74) is 1.17. The third kappa shape index (κ3) is 5.62. The van der Waals surface area contributed by atoms with Crippen LogP contribution in [0, 0.1) is 5.82 Å².